The monoisotopic (exact) mass is 302 g/mol. The van der Waals surface area contributed by atoms with Crippen molar-refractivity contribution in [3.8, 4) is 5.75 Å². The van der Waals surface area contributed by atoms with E-state index in [-0.39, 0.29) is 5.91 Å². The number of carbonyl (C=O) groups is 1. The SMILES string of the molecule is CNC(=O)CN(C)Cc1ccc(OC)c(Cn2cccn2)c1. The molecule has 1 heterocycles. The van der Waals surface area contributed by atoms with Gasteiger partial charge in [0.2, 0.25) is 5.91 Å². The number of amides is 1. The second-order valence-electron chi connectivity index (χ2n) is 5.20. The largest absolute Gasteiger partial charge is 0.496 e. The lowest BCUT2D eigenvalue weighted by molar-refractivity contribution is -0.121. The molecule has 0 aliphatic rings. The molecule has 1 N–H and O–H groups in total. The molecule has 6 nitrogen and oxygen atoms in total. The van der Waals surface area contributed by atoms with Gasteiger partial charge in [0, 0.05) is 31.5 Å². The van der Waals surface area contributed by atoms with Crippen LogP contribution in [0.2, 0.25) is 0 Å². The molecule has 0 aliphatic heterocycles. The van der Waals surface area contributed by atoms with Gasteiger partial charge in [-0.15, -0.1) is 0 Å². The average molecular weight is 302 g/mol. The fourth-order valence-corrected chi connectivity index (χ4v) is 2.31. The summed E-state index contributed by atoms with van der Waals surface area (Å²) in [4.78, 5) is 13.4. The predicted molar refractivity (Wildman–Crippen MR) is 84.7 cm³/mol. The van der Waals surface area contributed by atoms with Crippen LogP contribution in [-0.2, 0) is 17.9 Å². The normalized spacial score (nSPS) is 10.7. The van der Waals surface area contributed by atoms with Crippen molar-refractivity contribution in [3.05, 3.63) is 47.8 Å². The van der Waals surface area contributed by atoms with E-state index in [1.807, 2.05) is 41.0 Å². The molecule has 0 spiro atoms. The van der Waals surface area contributed by atoms with E-state index in [0.717, 1.165) is 16.9 Å². The molecular weight excluding hydrogens is 280 g/mol. The molecule has 118 valence electrons. The second kappa shape index (κ2) is 7.61. The zero-order valence-electron chi connectivity index (χ0n) is 13.2. The van der Waals surface area contributed by atoms with Crippen molar-refractivity contribution < 1.29 is 9.53 Å². The molecule has 2 aromatic rings. The van der Waals surface area contributed by atoms with E-state index in [1.165, 1.54) is 0 Å². The Balaban J connectivity index is 2.11. The number of likely N-dealkylation sites (N-methyl/N-ethyl adjacent to an activating group) is 2. The summed E-state index contributed by atoms with van der Waals surface area (Å²) in [5.41, 5.74) is 2.20. The third-order valence-electron chi connectivity index (χ3n) is 3.38. The van der Waals surface area contributed by atoms with Gasteiger partial charge in [0.1, 0.15) is 5.75 Å². The lowest BCUT2D eigenvalue weighted by Gasteiger charge is -2.17. The topological polar surface area (TPSA) is 59.4 Å². The zero-order valence-corrected chi connectivity index (χ0v) is 13.2. The Bertz CT molecular complexity index is 611. The number of benzene rings is 1. The minimum Gasteiger partial charge on any atom is -0.496 e. The van der Waals surface area contributed by atoms with E-state index in [4.69, 9.17) is 4.74 Å². The molecule has 0 radical (unpaired) electrons. The molecule has 0 fully saturated rings. The van der Waals surface area contributed by atoms with Gasteiger partial charge in [-0.05, 0) is 30.8 Å². The molecule has 0 bridgehead atoms. The maximum Gasteiger partial charge on any atom is 0.233 e. The Morgan fingerprint density at radius 3 is 2.91 bits per heavy atom. The minimum absolute atomic E-state index is 0.00720. The number of nitrogens with one attached hydrogen (secondary N) is 1. The maximum atomic E-state index is 11.4. The zero-order chi connectivity index (χ0) is 15.9. The number of rotatable bonds is 7. The lowest BCUT2D eigenvalue weighted by atomic mass is 10.1. The highest BCUT2D eigenvalue weighted by molar-refractivity contribution is 5.77. The number of aromatic nitrogens is 2. The number of carbonyl (C=O) groups excluding carboxylic acids is 1. The van der Waals surface area contributed by atoms with Crippen LogP contribution in [0.25, 0.3) is 0 Å². The summed E-state index contributed by atoms with van der Waals surface area (Å²) in [5.74, 6) is 0.848. The smallest absolute Gasteiger partial charge is 0.233 e. The summed E-state index contributed by atoms with van der Waals surface area (Å²) in [7, 11) is 5.23. The summed E-state index contributed by atoms with van der Waals surface area (Å²) in [6.07, 6.45) is 3.68. The van der Waals surface area contributed by atoms with Crippen molar-refractivity contribution in [1.29, 1.82) is 0 Å². The first-order chi connectivity index (χ1) is 10.6. The molecule has 0 atom stereocenters. The maximum absolute atomic E-state index is 11.4. The Kier molecular flexibility index (Phi) is 5.55. The van der Waals surface area contributed by atoms with Crippen LogP contribution >= 0.6 is 0 Å². The van der Waals surface area contributed by atoms with Crippen molar-refractivity contribution in [2.45, 2.75) is 13.1 Å². The molecule has 1 amide bonds. The van der Waals surface area contributed by atoms with Crippen LogP contribution in [0.4, 0.5) is 0 Å². The summed E-state index contributed by atoms with van der Waals surface area (Å²) >= 11 is 0. The molecule has 22 heavy (non-hydrogen) atoms. The average Bonchev–Trinajstić information content (AvgIpc) is 3.00. The van der Waals surface area contributed by atoms with Crippen LogP contribution in [0, 0.1) is 0 Å². The highest BCUT2D eigenvalue weighted by atomic mass is 16.5. The molecule has 2 rings (SSSR count). The Morgan fingerprint density at radius 2 is 2.27 bits per heavy atom. The van der Waals surface area contributed by atoms with E-state index in [9.17, 15) is 4.79 Å². The van der Waals surface area contributed by atoms with Crippen LogP contribution in [0.1, 0.15) is 11.1 Å². The predicted octanol–water partition coefficient (Wildman–Crippen LogP) is 1.12. The molecule has 6 heteroatoms. The van der Waals surface area contributed by atoms with E-state index in [0.29, 0.717) is 19.6 Å². The van der Waals surface area contributed by atoms with Crippen molar-refractivity contribution in [3.63, 3.8) is 0 Å². The van der Waals surface area contributed by atoms with Crippen LogP contribution in [0.5, 0.6) is 5.75 Å². The Labute approximate surface area is 130 Å². The highest BCUT2D eigenvalue weighted by Crippen LogP contribution is 2.21. The molecule has 0 saturated carbocycles. The Morgan fingerprint density at radius 1 is 1.45 bits per heavy atom. The van der Waals surface area contributed by atoms with Gasteiger partial charge in [0.05, 0.1) is 20.2 Å². The summed E-state index contributed by atoms with van der Waals surface area (Å²) < 4.78 is 7.27. The molecular formula is C16H22N4O2. The van der Waals surface area contributed by atoms with Crippen molar-refractivity contribution in [2.24, 2.45) is 0 Å². The van der Waals surface area contributed by atoms with Crippen LogP contribution in [-0.4, -0.2) is 48.3 Å². The number of methoxy groups -OCH3 is 1. The van der Waals surface area contributed by atoms with Gasteiger partial charge >= 0.3 is 0 Å². The van der Waals surface area contributed by atoms with E-state index in [1.54, 1.807) is 20.4 Å². The summed E-state index contributed by atoms with van der Waals surface area (Å²) in [6.45, 7) is 1.73. The highest BCUT2D eigenvalue weighted by Gasteiger charge is 2.09. The van der Waals surface area contributed by atoms with Gasteiger partial charge in [-0.25, -0.2) is 0 Å². The number of nitrogens with zero attached hydrogens (tertiary/aromatic N) is 3. The molecule has 1 aromatic heterocycles. The fourth-order valence-electron chi connectivity index (χ4n) is 2.31. The Hall–Kier alpha value is -2.34. The van der Waals surface area contributed by atoms with Crippen molar-refractivity contribution in [2.75, 3.05) is 27.7 Å². The number of hydrogen-bond donors (Lipinski definition) is 1. The summed E-state index contributed by atoms with van der Waals surface area (Å²) in [6, 6.07) is 7.97. The van der Waals surface area contributed by atoms with E-state index < -0.39 is 0 Å². The van der Waals surface area contributed by atoms with Crippen molar-refractivity contribution in [1.82, 2.24) is 20.0 Å². The molecule has 0 aliphatic carbocycles. The minimum atomic E-state index is 0.00720. The first kappa shape index (κ1) is 16.0. The first-order valence-electron chi connectivity index (χ1n) is 7.14. The fraction of sp³-hybridized carbons (Fsp3) is 0.375. The van der Waals surface area contributed by atoms with Crippen LogP contribution < -0.4 is 10.1 Å². The van der Waals surface area contributed by atoms with Gasteiger partial charge < -0.3 is 10.1 Å². The first-order valence-corrected chi connectivity index (χ1v) is 7.14. The third kappa shape index (κ3) is 4.33. The molecule has 0 unspecified atom stereocenters. The van der Waals surface area contributed by atoms with E-state index in [2.05, 4.69) is 16.5 Å². The molecule has 0 saturated heterocycles. The van der Waals surface area contributed by atoms with E-state index >= 15 is 0 Å². The van der Waals surface area contributed by atoms with Crippen molar-refractivity contribution >= 4 is 5.91 Å². The van der Waals surface area contributed by atoms with Gasteiger partial charge in [-0.1, -0.05) is 6.07 Å². The van der Waals surface area contributed by atoms with Gasteiger partial charge in [-0.2, -0.15) is 5.10 Å². The standard InChI is InChI=1S/C16H22N4O2/c1-17-16(21)12-19(2)10-13-5-6-15(22-3)14(9-13)11-20-8-4-7-18-20/h4-9H,10-12H2,1-3H3,(H,17,21). The van der Waals surface area contributed by atoms with Crippen LogP contribution in [0.15, 0.2) is 36.7 Å². The quantitative estimate of drug-likeness (QED) is 0.832. The van der Waals surface area contributed by atoms with Gasteiger partial charge in [0.15, 0.2) is 0 Å². The second-order valence-corrected chi connectivity index (χ2v) is 5.20. The summed E-state index contributed by atoms with van der Waals surface area (Å²) in [5, 5.41) is 6.85. The lowest BCUT2D eigenvalue weighted by Crippen LogP contribution is -2.32. The van der Waals surface area contributed by atoms with Gasteiger partial charge in [-0.3, -0.25) is 14.4 Å². The number of hydrogen-bond acceptors (Lipinski definition) is 4. The number of ether oxygens (including phenoxy) is 1. The van der Waals surface area contributed by atoms with Crippen LogP contribution in [0.3, 0.4) is 0 Å². The van der Waals surface area contributed by atoms with Gasteiger partial charge in [0.25, 0.3) is 0 Å². The third-order valence-corrected chi connectivity index (χ3v) is 3.38. The molecule has 1 aromatic carbocycles.